The van der Waals surface area contributed by atoms with E-state index < -0.39 is 10.1 Å². The molecule has 0 atom stereocenters. The van der Waals surface area contributed by atoms with Gasteiger partial charge in [0.2, 0.25) is 0 Å². The number of unbranched alkanes of at least 4 members (excludes halogenated alkanes) is 6. The van der Waals surface area contributed by atoms with Gasteiger partial charge in [0.05, 0.1) is 4.90 Å². The molecule has 0 heterocycles. The molecule has 0 N–H and O–H groups in total. The molecule has 0 aromatic heterocycles. The van der Waals surface area contributed by atoms with Crippen molar-refractivity contribution in [1.82, 2.24) is 0 Å². The quantitative estimate of drug-likeness (QED) is 0.332. The van der Waals surface area contributed by atoms with Crippen molar-refractivity contribution >= 4 is 10.1 Å². The Hall–Kier alpha value is -0.850. The van der Waals surface area contributed by atoms with E-state index in [1.165, 1.54) is 68.7 Å². The molecule has 142 valence electrons. The number of hydrogen-bond acceptors (Lipinski definition) is 4. The van der Waals surface area contributed by atoms with Gasteiger partial charge in [0.15, 0.2) is 0 Å². The molecular weight excluding hydrogens is 371 g/mol. The van der Waals surface area contributed by atoms with Crippen LogP contribution in [0.25, 0.3) is 0 Å². The van der Waals surface area contributed by atoms with Crippen molar-refractivity contribution < 1.29 is 47.3 Å². The van der Waals surface area contributed by atoms with Crippen molar-refractivity contribution in [2.24, 2.45) is 0 Å². The summed E-state index contributed by atoms with van der Waals surface area (Å²) < 4.78 is 39.5. The monoisotopic (exact) mass is 398 g/mol. The van der Waals surface area contributed by atoms with Crippen LogP contribution in [0.5, 0.6) is 11.5 Å². The zero-order valence-electron chi connectivity index (χ0n) is 16.3. The number of aryl methyl sites for hydroxylation is 1. The minimum absolute atomic E-state index is 0. The van der Waals surface area contributed by atoms with Gasteiger partial charge in [-0.15, -0.1) is 0 Å². The smallest absolute Gasteiger partial charge is 0.744 e. The third-order valence-corrected chi connectivity index (χ3v) is 5.21. The van der Waals surface area contributed by atoms with Gasteiger partial charge in [0, 0.05) is 0 Å². The van der Waals surface area contributed by atoms with Gasteiger partial charge in [-0.3, -0.25) is 0 Å². The van der Waals surface area contributed by atoms with Crippen molar-refractivity contribution in [2.75, 3.05) is 0 Å². The van der Waals surface area contributed by atoms with Crippen molar-refractivity contribution in [1.29, 1.82) is 0 Å². The van der Waals surface area contributed by atoms with E-state index in [0.29, 0.717) is 5.75 Å². The average molecular weight is 399 g/mol. The molecule has 0 saturated carbocycles. The van der Waals surface area contributed by atoms with E-state index in [9.17, 15) is 13.0 Å². The van der Waals surface area contributed by atoms with E-state index in [0.717, 1.165) is 6.42 Å². The normalized spacial score (nSPS) is 11.0. The van der Waals surface area contributed by atoms with Crippen LogP contribution in [-0.2, 0) is 16.5 Å². The Morgan fingerprint density at radius 3 is 2.07 bits per heavy atom. The summed E-state index contributed by atoms with van der Waals surface area (Å²) in [6.07, 6.45) is 10.0. The fourth-order valence-corrected chi connectivity index (χ4v) is 3.48. The molecular formula is C21H27NaO4S. The van der Waals surface area contributed by atoms with Gasteiger partial charge < -0.3 is 9.29 Å². The molecule has 0 unspecified atom stereocenters. The summed E-state index contributed by atoms with van der Waals surface area (Å²) in [6.45, 7) is 2.23. The Kier molecular flexibility index (Phi) is 11.3. The first-order valence-corrected chi connectivity index (χ1v) is 10.7. The Morgan fingerprint density at radius 1 is 0.852 bits per heavy atom. The number of rotatable bonds is 11. The molecule has 6 heteroatoms. The van der Waals surface area contributed by atoms with E-state index >= 15 is 0 Å². The van der Waals surface area contributed by atoms with Crippen molar-refractivity contribution in [2.45, 2.75) is 63.2 Å². The first kappa shape index (κ1) is 24.2. The molecule has 0 bridgehead atoms. The van der Waals surface area contributed by atoms with Crippen LogP contribution in [0, 0.1) is 0 Å². The Morgan fingerprint density at radius 2 is 1.44 bits per heavy atom. The van der Waals surface area contributed by atoms with Crippen LogP contribution in [0.15, 0.2) is 53.4 Å². The average Bonchev–Trinajstić information content (AvgIpc) is 2.62. The summed E-state index contributed by atoms with van der Waals surface area (Å²) in [7, 11) is -4.56. The summed E-state index contributed by atoms with van der Waals surface area (Å²) in [4.78, 5) is -0.341. The molecule has 0 amide bonds. The van der Waals surface area contributed by atoms with E-state index in [-0.39, 0.29) is 40.2 Å². The van der Waals surface area contributed by atoms with Crippen molar-refractivity contribution in [3.8, 4) is 11.5 Å². The zero-order chi connectivity index (χ0) is 18.8. The van der Waals surface area contributed by atoms with Gasteiger partial charge in [0.25, 0.3) is 0 Å². The number of ether oxygens (including phenoxy) is 1. The molecule has 0 aliphatic carbocycles. The SMILES string of the molecule is CCCCCCCCCc1ccc(Oc2ccccc2S(=O)(=O)[O-])cc1.[Na+]. The maximum Gasteiger partial charge on any atom is 1.00 e. The number of para-hydroxylation sites is 1. The molecule has 27 heavy (non-hydrogen) atoms. The maximum atomic E-state index is 11.3. The van der Waals surface area contributed by atoms with Gasteiger partial charge in [-0.25, -0.2) is 8.42 Å². The third kappa shape index (κ3) is 8.79. The van der Waals surface area contributed by atoms with Crippen LogP contribution in [0.2, 0.25) is 0 Å². The van der Waals surface area contributed by atoms with Crippen LogP contribution in [-0.4, -0.2) is 13.0 Å². The summed E-state index contributed by atoms with van der Waals surface area (Å²) in [6, 6.07) is 13.5. The molecule has 2 aromatic rings. The van der Waals surface area contributed by atoms with Crippen LogP contribution in [0.3, 0.4) is 0 Å². The molecule has 0 radical (unpaired) electrons. The van der Waals surface area contributed by atoms with Gasteiger partial charge in [0.1, 0.15) is 21.6 Å². The summed E-state index contributed by atoms with van der Waals surface area (Å²) in [5.74, 6) is 0.576. The second-order valence-corrected chi connectivity index (χ2v) is 7.87. The first-order valence-electron chi connectivity index (χ1n) is 9.32. The third-order valence-electron chi connectivity index (χ3n) is 4.34. The van der Waals surface area contributed by atoms with E-state index in [1.54, 1.807) is 6.07 Å². The molecule has 4 nitrogen and oxygen atoms in total. The summed E-state index contributed by atoms with van der Waals surface area (Å²) in [5.41, 5.74) is 1.23. The van der Waals surface area contributed by atoms with E-state index in [1.807, 2.05) is 24.3 Å². The standard InChI is InChI=1S/C21H28O4S.Na/c1-2-3-4-5-6-7-8-11-18-14-16-19(17-15-18)25-20-12-9-10-13-21(20)26(22,23)24;/h9-10,12-17H,2-8,11H2,1H3,(H,22,23,24);/q;+1/p-1. The fraction of sp³-hybridized carbons (Fsp3) is 0.429. The van der Waals surface area contributed by atoms with Gasteiger partial charge in [-0.05, 0) is 42.7 Å². The van der Waals surface area contributed by atoms with Gasteiger partial charge >= 0.3 is 29.6 Å². The summed E-state index contributed by atoms with van der Waals surface area (Å²) >= 11 is 0. The van der Waals surface area contributed by atoms with Crippen LogP contribution in [0.4, 0.5) is 0 Å². The Labute approximate surface area is 185 Å². The second kappa shape index (κ2) is 12.6. The topological polar surface area (TPSA) is 66.4 Å². The minimum atomic E-state index is -4.56. The van der Waals surface area contributed by atoms with E-state index in [2.05, 4.69) is 6.92 Å². The molecule has 0 spiro atoms. The largest absolute Gasteiger partial charge is 1.00 e. The van der Waals surface area contributed by atoms with Crippen molar-refractivity contribution in [3.05, 3.63) is 54.1 Å². The predicted molar refractivity (Wildman–Crippen MR) is 103 cm³/mol. The van der Waals surface area contributed by atoms with E-state index in [4.69, 9.17) is 4.74 Å². The molecule has 0 aliphatic heterocycles. The Bertz CT molecular complexity index is 773. The number of hydrogen-bond donors (Lipinski definition) is 0. The zero-order valence-corrected chi connectivity index (χ0v) is 19.1. The Balaban J connectivity index is 0.00000364. The van der Waals surface area contributed by atoms with Gasteiger partial charge in [-0.2, -0.15) is 0 Å². The van der Waals surface area contributed by atoms with Crippen LogP contribution in [0.1, 0.15) is 57.4 Å². The molecule has 0 aliphatic rings. The van der Waals surface area contributed by atoms with Gasteiger partial charge in [-0.1, -0.05) is 69.7 Å². The maximum absolute atomic E-state index is 11.3. The predicted octanol–water partition coefficient (Wildman–Crippen LogP) is 2.68. The molecule has 2 aromatic carbocycles. The fourth-order valence-electron chi connectivity index (χ4n) is 2.88. The minimum Gasteiger partial charge on any atom is -0.744 e. The molecule has 0 fully saturated rings. The van der Waals surface area contributed by atoms with Crippen LogP contribution < -0.4 is 34.3 Å². The molecule has 0 saturated heterocycles. The second-order valence-electron chi connectivity index (χ2n) is 6.52. The summed E-state index contributed by atoms with van der Waals surface area (Å²) in [5, 5.41) is 0. The first-order chi connectivity index (χ1) is 12.5. The van der Waals surface area contributed by atoms with Crippen LogP contribution >= 0.6 is 0 Å². The number of benzene rings is 2. The van der Waals surface area contributed by atoms with Crippen molar-refractivity contribution in [3.63, 3.8) is 0 Å². The molecule has 2 rings (SSSR count).